The average molecular weight is 295 g/mol. The van der Waals surface area contributed by atoms with E-state index in [0.29, 0.717) is 0 Å². The van der Waals surface area contributed by atoms with Gasteiger partial charge in [-0.2, -0.15) is 0 Å². The molecule has 0 aliphatic carbocycles. The first-order valence-corrected chi connectivity index (χ1v) is 6.50. The van der Waals surface area contributed by atoms with Crippen LogP contribution in [0.5, 0.6) is 0 Å². The topological polar surface area (TPSA) is 38.1 Å². The lowest BCUT2D eigenvalue weighted by atomic mass is 10.1. The van der Waals surface area contributed by atoms with Crippen LogP contribution in [0.2, 0.25) is 0 Å². The molecule has 2 aromatic rings. The fourth-order valence-corrected chi connectivity index (χ4v) is 2.11. The van der Waals surface area contributed by atoms with Crippen molar-refractivity contribution < 1.29 is 4.42 Å². The molecule has 0 atom stereocenters. The van der Waals surface area contributed by atoms with Crippen molar-refractivity contribution in [2.24, 2.45) is 0 Å². The van der Waals surface area contributed by atoms with Gasteiger partial charge in [0.05, 0.1) is 0 Å². The molecule has 17 heavy (non-hydrogen) atoms. The summed E-state index contributed by atoms with van der Waals surface area (Å²) in [4.78, 5) is 4.26. The third-order valence-electron chi connectivity index (χ3n) is 2.48. The maximum Gasteiger partial charge on any atom is 0.181 e. The fraction of sp³-hybridized carbons (Fsp3) is 0.308. The van der Waals surface area contributed by atoms with Crippen molar-refractivity contribution in [3.05, 3.63) is 40.8 Å². The summed E-state index contributed by atoms with van der Waals surface area (Å²) >= 11 is 3.53. The van der Waals surface area contributed by atoms with Gasteiger partial charge in [-0.15, -0.1) is 0 Å². The van der Waals surface area contributed by atoms with Crippen molar-refractivity contribution in [3.8, 4) is 11.3 Å². The Morgan fingerprint density at radius 2 is 2.18 bits per heavy atom. The zero-order chi connectivity index (χ0) is 12.1. The molecular formula is C13H15BrN2O. The second-order valence-electron chi connectivity index (χ2n) is 3.78. The molecule has 0 bridgehead atoms. The first-order chi connectivity index (χ1) is 8.33. The lowest BCUT2D eigenvalue weighted by Gasteiger charge is -2.04. The molecule has 0 aliphatic rings. The molecule has 4 heteroatoms. The number of nitrogens with one attached hydrogen (secondary N) is 1. The molecule has 1 heterocycles. The summed E-state index contributed by atoms with van der Waals surface area (Å²) in [6.07, 6.45) is 2.61. The summed E-state index contributed by atoms with van der Waals surface area (Å²) in [5.74, 6) is 0.834. The van der Waals surface area contributed by atoms with Gasteiger partial charge in [0.2, 0.25) is 0 Å². The van der Waals surface area contributed by atoms with Gasteiger partial charge in [0.1, 0.15) is 5.69 Å². The van der Waals surface area contributed by atoms with Gasteiger partial charge in [0.15, 0.2) is 12.2 Å². The van der Waals surface area contributed by atoms with Gasteiger partial charge in [-0.3, -0.25) is 0 Å². The Morgan fingerprint density at radius 1 is 1.35 bits per heavy atom. The predicted molar refractivity (Wildman–Crippen MR) is 71.6 cm³/mol. The van der Waals surface area contributed by atoms with Crippen molar-refractivity contribution in [3.63, 3.8) is 0 Å². The molecule has 0 unspecified atom stereocenters. The quantitative estimate of drug-likeness (QED) is 0.856. The molecule has 0 aliphatic heterocycles. The SMILES string of the molecule is CCCNCc1ncoc1-c1ccccc1Br. The molecule has 2 rings (SSSR count). The molecule has 0 spiro atoms. The van der Waals surface area contributed by atoms with Crippen LogP contribution in [-0.4, -0.2) is 11.5 Å². The van der Waals surface area contributed by atoms with Gasteiger partial charge in [0.25, 0.3) is 0 Å². The number of hydrogen-bond donors (Lipinski definition) is 1. The van der Waals surface area contributed by atoms with Gasteiger partial charge >= 0.3 is 0 Å². The van der Waals surface area contributed by atoms with E-state index in [1.807, 2.05) is 24.3 Å². The number of aromatic nitrogens is 1. The maximum absolute atomic E-state index is 5.48. The van der Waals surface area contributed by atoms with Crippen LogP contribution in [-0.2, 0) is 6.54 Å². The van der Waals surface area contributed by atoms with E-state index in [4.69, 9.17) is 4.42 Å². The van der Waals surface area contributed by atoms with Crippen molar-refractivity contribution in [1.29, 1.82) is 0 Å². The fourth-order valence-electron chi connectivity index (χ4n) is 1.64. The monoisotopic (exact) mass is 294 g/mol. The lowest BCUT2D eigenvalue weighted by Crippen LogP contribution is -2.14. The zero-order valence-electron chi connectivity index (χ0n) is 9.74. The molecule has 0 amide bonds. The van der Waals surface area contributed by atoms with Crippen LogP contribution in [0.1, 0.15) is 19.0 Å². The molecule has 1 aromatic heterocycles. The molecule has 1 N–H and O–H groups in total. The van der Waals surface area contributed by atoms with E-state index in [0.717, 1.165) is 41.0 Å². The molecule has 3 nitrogen and oxygen atoms in total. The standard InChI is InChI=1S/C13H15BrN2O/c1-2-7-15-8-12-13(17-9-16-12)10-5-3-4-6-11(10)14/h3-6,9,15H,2,7-8H2,1H3. The van der Waals surface area contributed by atoms with Gasteiger partial charge in [-0.25, -0.2) is 4.98 Å². The highest BCUT2D eigenvalue weighted by Gasteiger charge is 2.12. The highest BCUT2D eigenvalue weighted by molar-refractivity contribution is 9.10. The second kappa shape index (κ2) is 5.98. The van der Waals surface area contributed by atoms with Crippen LogP contribution < -0.4 is 5.32 Å². The van der Waals surface area contributed by atoms with E-state index in [9.17, 15) is 0 Å². The van der Waals surface area contributed by atoms with Crippen molar-refractivity contribution >= 4 is 15.9 Å². The molecule has 0 radical (unpaired) electrons. The van der Waals surface area contributed by atoms with E-state index in [1.54, 1.807) is 0 Å². The Hall–Kier alpha value is -1.13. The van der Waals surface area contributed by atoms with Crippen molar-refractivity contribution in [2.75, 3.05) is 6.54 Å². The minimum atomic E-state index is 0.737. The normalized spacial score (nSPS) is 10.7. The smallest absolute Gasteiger partial charge is 0.181 e. The van der Waals surface area contributed by atoms with E-state index in [2.05, 4.69) is 33.2 Å². The van der Waals surface area contributed by atoms with Crippen LogP contribution in [0, 0.1) is 0 Å². The largest absolute Gasteiger partial charge is 0.443 e. The number of halogens is 1. The minimum Gasteiger partial charge on any atom is -0.443 e. The average Bonchev–Trinajstić information content (AvgIpc) is 2.78. The van der Waals surface area contributed by atoms with Crippen LogP contribution in [0.25, 0.3) is 11.3 Å². The van der Waals surface area contributed by atoms with Gasteiger partial charge in [-0.05, 0) is 19.0 Å². The Labute approximate surface area is 109 Å². The van der Waals surface area contributed by atoms with E-state index >= 15 is 0 Å². The van der Waals surface area contributed by atoms with Gasteiger partial charge in [-0.1, -0.05) is 41.1 Å². The van der Waals surface area contributed by atoms with Crippen LogP contribution in [0.3, 0.4) is 0 Å². The molecule has 1 aromatic carbocycles. The first-order valence-electron chi connectivity index (χ1n) is 5.71. The van der Waals surface area contributed by atoms with Gasteiger partial charge in [0, 0.05) is 16.6 Å². The Bertz CT molecular complexity index is 482. The highest BCUT2D eigenvalue weighted by Crippen LogP contribution is 2.30. The molecule has 0 fully saturated rings. The summed E-state index contributed by atoms with van der Waals surface area (Å²) in [6, 6.07) is 8.00. The Morgan fingerprint density at radius 3 is 2.94 bits per heavy atom. The maximum atomic E-state index is 5.48. The molecule has 0 saturated carbocycles. The molecule has 0 saturated heterocycles. The first kappa shape index (κ1) is 12.3. The number of benzene rings is 1. The van der Waals surface area contributed by atoms with Crippen LogP contribution in [0.4, 0.5) is 0 Å². The van der Waals surface area contributed by atoms with Crippen LogP contribution >= 0.6 is 15.9 Å². The summed E-state index contributed by atoms with van der Waals surface area (Å²) in [6.45, 7) is 3.87. The summed E-state index contributed by atoms with van der Waals surface area (Å²) in [5.41, 5.74) is 1.99. The minimum absolute atomic E-state index is 0.737. The second-order valence-corrected chi connectivity index (χ2v) is 4.64. The molecular weight excluding hydrogens is 280 g/mol. The number of hydrogen-bond acceptors (Lipinski definition) is 3. The number of oxazole rings is 1. The van der Waals surface area contributed by atoms with E-state index in [-0.39, 0.29) is 0 Å². The van der Waals surface area contributed by atoms with Crippen LogP contribution in [0.15, 0.2) is 39.5 Å². The third kappa shape index (κ3) is 2.96. The van der Waals surface area contributed by atoms with Gasteiger partial charge < -0.3 is 9.73 Å². The van der Waals surface area contributed by atoms with Crippen molar-refractivity contribution in [1.82, 2.24) is 10.3 Å². The number of rotatable bonds is 5. The predicted octanol–water partition coefficient (Wildman–Crippen LogP) is 3.60. The summed E-state index contributed by atoms with van der Waals surface area (Å²) < 4.78 is 6.50. The van der Waals surface area contributed by atoms with E-state index in [1.165, 1.54) is 6.39 Å². The summed E-state index contributed by atoms with van der Waals surface area (Å²) in [5, 5.41) is 3.33. The summed E-state index contributed by atoms with van der Waals surface area (Å²) in [7, 11) is 0. The van der Waals surface area contributed by atoms with E-state index < -0.39 is 0 Å². The third-order valence-corrected chi connectivity index (χ3v) is 3.17. The van der Waals surface area contributed by atoms with Crippen molar-refractivity contribution in [2.45, 2.75) is 19.9 Å². The number of nitrogens with zero attached hydrogens (tertiary/aromatic N) is 1. The Kier molecular flexibility index (Phi) is 4.34. The highest BCUT2D eigenvalue weighted by atomic mass is 79.9. The zero-order valence-corrected chi connectivity index (χ0v) is 11.3. The molecule has 90 valence electrons. The lowest BCUT2D eigenvalue weighted by molar-refractivity contribution is 0.569. The Balaban J connectivity index is 2.22.